The van der Waals surface area contributed by atoms with Crippen LogP contribution in [0.25, 0.3) is 0 Å². The average molecular weight is 387 g/mol. The molecule has 2 amide bonds. The normalized spacial score (nSPS) is 19.7. The molecule has 1 aromatic rings. The van der Waals surface area contributed by atoms with Crippen molar-refractivity contribution in [3.63, 3.8) is 0 Å². The average Bonchev–Trinajstić information content (AvgIpc) is 2.93. The van der Waals surface area contributed by atoms with Crippen LogP contribution >= 0.6 is 11.6 Å². The van der Waals surface area contributed by atoms with Crippen molar-refractivity contribution in [2.24, 2.45) is 0 Å². The van der Waals surface area contributed by atoms with Crippen LogP contribution in [0.3, 0.4) is 0 Å². The highest BCUT2D eigenvalue weighted by atomic mass is 35.5. The largest absolute Gasteiger partial charge is 0.484 e. The molecule has 2 rings (SSSR count). The molecule has 0 spiro atoms. The highest BCUT2D eigenvalue weighted by Gasteiger charge is 2.28. The molecule has 1 saturated carbocycles. The SMILES string of the molecule is CC(C)(C)OC(=O)N[C@H]1CC[C@@H](NC(=O)COc2ccc(Cl)c(F)c2)C1. The highest BCUT2D eigenvalue weighted by Crippen LogP contribution is 2.21. The Balaban J connectivity index is 1.71. The first kappa shape index (κ1) is 20.3. The zero-order chi connectivity index (χ0) is 19.3. The van der Waals surface area contributed by atoms with Crippen LogP contribution < -0.4 is 15.4 Å². The Labute approximate surface area is 157 Å². The molecule has 0 aromatic heterocycles. The summed E-state index contributed by atoms with van der Waals surface area (Å²) in [5.74, 6) is -0.669. The van der Waals surface area contributed by atoms with Gasteiger partial charge in [0, 0.05) is 18.2 Å². The van der Waals surface area contributed by atoms with Crippen LogP contribution in [-0.4, -0.2) is 36.3 Å². The Morgan fingerprint density at radius 3 is 2.50 bits per heavy atom. The van der Waals surface area contributed by atoms with E-state index >= 15 is 0 Å². The number of alkyl carbamates (subject to hydrolysis) is 1. The molecule has 8 heteroatoms. The van der Waals surface area contributed by atoms with E-state index in [1.54, 1.807) is 20.8 Å². The Morgan fingerprint density at radius 2 is 1.88 bits per heavy atom. The third-order valence-electron chi connectivity index (χ3n) is 3.78. The lowest BCUT2D eigenvalue weighted by Gasteiger charge is -2.21. The third kappa shape index (κ3) is 6.71. The van der Waals surface area contributed by atoms with Gasteiger partial charge in [-0.2, -0.15) is 0 Å². The van der Waals surface area contributed by atoms with E-state index in [0.29, 0.717) is 6.42 Å². The molecule has 1 aliphatic carbocycles. The summed E-state index contributed by atoms with van der Waals surface area (Å²) >= 11 is 5.59. The molecule has 1 aliphatic rings. The van der Waals surface area contributed by atoms with Gasteiger partial charge in [-0.05, 0) is 52.2 Å². The maximum Gasteiger partial charge on any atom is 0.407 e. The molecule has 2 atom stereocenters. The Kier molecular flexibility index (Phi) is 6.69. The van der Waals surface area contributed by atoms with E-state index in [2.05, 4.69) is 10.6 Å². The summed E-state index contributed by atoms with van der Waals surface area (Å²) in [7, 11) is 0. The van der Waals surface area contributed by atoms with E-state index in [1.165, 1.54) is 12.1 Å². The first-order valence-corrected chi connectivity index (χ1v) is 8.87. The smallest absolute Gasteiger partial charge is 0.407 e. The van der Waals surface area contributed by atoms with Gasteiger partial charge in [-0.1, -0.05) is 11.6 Å². The number of benzene rings is 1. The molecule has 1 fully saturated rings. The molecule has 0 unspecified atom stereocenters. The van der Waals surface area contributed by atoms with Gasteiger partial charge < -0.3 is 20.1 Å². The van der Waals surface area contributed by atoms with Crippen LogP contribution in [0.5, 0.6) is 5.75 Å². The minimum Gasteiger partial charge on any atom is -0.484 e. The van der Waals surface area contributed by atoms with Gasteiger partial charge in [0.15, 0.2) is 6.61 Å². The van der Waals surface area contributed by atoms with Crippen molar-refractivity contribution in [1.29, 1.82) is 0 Å². The number of halogens is 2. The number of carbonyl (C=O) groups is 2. The molecule has 0 bridgehead atoms. The second-order valence-electron chi connectivity index (χ2n) is 7.29. The van der Waals surface area contributed by atoms with Crippen molar-refractivity contribution >= 4 is 23.6 Å². The maximum atomic E-state index is 13.3. The second-order valence-corrected chi connectivity index (χ2v) is 7.69. The maximum absolute atomic E-state index is 13.3. The molecule has 0 radical (unpaired) electrons. The van der Waals surface area contributed by atoms with E-state index in [9.17, 15) is 14.0 Å². The number of rotatable bonds is 5. The van der Waals surface area contributed by atoms with Gasteiger partial charge in [-0.3, -0.25) is 4.79 Å². The molecular weight excluding hydrogens is 363 g/mol. The summed E-state index contributed by atoms with van der Waals surface area (Å²) in [5, 5.41) is 5.66. The predicted octanol–water partition coefficient (Wildman–Crippen LogP) is 3.42. The molecule has 0 heterocycles. The Bertz CT molecular complexity index is 663. The van der Waals surface area contributed by atoms with Crippen LogP contribution in [0.15, 0.2) is 18.2 Å². The summed E-state index contributed by atoms with van der Waals surface area (Å²) in [5.41, 5.74) is -0.547. The number of nitrogens with one attached hydrogen (secondary N) is 2. The van der Waals surface area contributed by atoms with Gasteiger partial charge in [0.1, 0.15) is 17.2 Å². The Morgan fingerprint density at radius 1 is 1.23 bits per heavy atom. The van der Waals surface area contributed by atoms with Gasteiger partial charge in [-0.25, -0.2) is 9.18 Å². The van der Waals surface area contributed by atoms with Crippen LogP contribution in [0.2, 0.25) is 5.02 Å². The van der Waals surface area contributed by atoms with Gasteiger partial charge in [-0.15, -0.1) is 0 Å². The molecule has 1 aromatic carbocycles. The molecular formula is C18H24ClFN2O4. The first-order chi connectivity index (χ1) is 12.1. The second kappa shape index (κ2) is 8.58. The zero-order valence-electron chi connectivity index (χ0n) is 15.1. The lowest BCUT2D eigenvalue weighted by molar-refractivity contribution is -0.123. The van der Waals surface area contributed by atoms with Crippen molar-refractivity contribution in [3.8, 4) is 5.75 Å². The summed E-state index contributed by atoms with van der Waals surface area (Å²) in [6.07, 6.45) is 1.68. The third-order valence-corrected chi connectivity index (χ3v) is 4.09. The summed E-state index contributed by atoms with van der Waals surface area (Å²) in [6.45, 7) is 5.19. The molecule has 2 N–H and O–H groups in total. The molecule has 0 saturated heterocycles. The number of amides is 2. The quantitative estimate of drug-likeness (QED) is 0.812. The summed E-state index contributed by atoms with van der Waals surface area (Å²) in [4.78, 5) is 23.7. The van der Waals surface area contributed by atoms with Crippen molar-refractivity contribution < 1.29 is 23.5 Å². The van der Waals surface area contributed by atoms with Crippen molar-refractivity contribution in [3.05, 3.63) is 29.0 Å². The Hall–Kier alpha value is -2.02. The fraction of sp³-hybridized carbons (Fsp3) is 0.556. The first-order valence-electron chi connectivity index (χ1n) is 8.49. The van der Waals surface area contributed by atoms with Crippen LogP contribution in [-0.2, 0) is 9.53 Å². The van der Waals surface area contributed by atoms with E-state index in [4.69, 9.17) is 21.1 Å². The van der Waals surface area contributed by atoms with Gasteiger partial charge in [0.25, 0.3) is 5.91 Å². The summed E-state index contributed by atoms with van der Waals surface area (Å²) < 4.78 is 23.8. The predicted molar refractivity (Wildman–Crippen MR) is 95.8 cm³/mol. The molecule has 0 aliphatic heterocycles. The lowest BCUT2D eigenvalue weighted by Crippen LogP contribution is -2.40. The molecule has 26 heavy (non-hydrogen) atoms. The van der Waals surface area contributed by atoms with Gasteiger partial charge in [0.05, 0.1) is 5.02 Å². The topological polar surface area (TPSA) is 76.7 Å². The highest BCUT2D eigenvalue weighted by molar-refractivity contribution is 6.30. The molecule has 144 valence electrons. The minimum atomic E-state index is -0.601. The van der Waals surface area contributed by atoms with Crippen molar-refractivity contribution in [2.45, 2.75) is 57.7 Å². The monoisotopic (exact) mass is 386 g/mol. The number of carbonyl (C=O) groups excluding carboxylic acids is 2. The van der Waals surface area contributed by atoms with Crippen LogP contribution in [0, 0.1) is 5.82 Å². The zero-order valence-corrected chi connectivity index (χ0v) is 15.9. The van der Waals surface area contributed by atoms with Crippen LogP contribution in [0.1, 0.15) is 40.0 Å². The van der Waals surface area contributed by atoms with E-state index < -0.39 is 17.5 Å². The van der Waals surface area contributed by atoms with Crippen molar-refractivity contribution in [2.75, 3.05) is 6.61 Å². The van der Waals surface area contributed by atoms with Gasteiger partial charge >= 0.3 is 6.09 Å². The standard InChI is InChI=1S/C18H24ClFN2O4/c1-18(2,3)26-17(24)22-12-5-4-11(8-12)21-16(23)10-25-13-6-7-14(19)15(20)9-13/h6-7,9,11-12H,4-5,8,10H2,1-3H3,(H,21,23)(H,22,24)/t11-,12+/m1/s1. The minimum absolute atomic E-state index is 0.00344. The number of hydrogen-bond donors (Lipinski definition) is 2. The van der Waals surface area contributed by atoms with E-state index in [1.807, 2.05) is 0 Å². The molecule has 6 nitrogen and oxygen atoms in total. The van der Waals surface area contributed by atoms with E-state index in [0.717, 1.165) is 18.9 Å². The summed E-state index contributed by atoms with van der Waals surface area (Å²) in [6, 6.07) is 3.91. The number of ether oxygens (including phenoxy) is 2. The fourth-order valence-corrected chi connectivity index (χ4v) is 2.82. The van der Waals surface area contributed by atoms with E-state index in [-0.39, 0.29) is 35.4 Å². The fourth-order valence-electron chi connectivity index (χ4n) is 2.70. The van der Waals surface area contributed by atoms with Crippen LogP contribution in [0.4, 0.5) is 9.18 Å². The number of hydrogen-bond acceptors (Lipinski definition) is 4. The van der Waals surface area contributed by atoms with Crippen molar-refractivity contribution in [1.82, 2.24) is 10.6 Å². The van der Waals surface area contributed by atoms with Gasteiger partial charge in [0.2, 0.25) is 0 Å². The lowest BCUT2D eigenvalue weighted by atomic mass is 10.2.